The average molecular weight is 534 g/mol. The zero-order chi connectivity index (χ0) is 21.3. The van der Waals surface area contributed by atoms with Gasteiger partial charge in [0.05, 0.1) is 11.0 Å². The molecular weight excluding hydrogens is 503 g/mol. The lowest BCUT2D eigenvalue weighted by Gasteiger charge is -2.13. The number of halogens is 1. The Hall–Kier alpha value is -2.62. The van der Waals surface area contributed by atoms with Gasteiger partial charge in [0.2, 0.25) is 5.91 Å². The Bertz CT molecular complexity index is 1010. The minimum absolute atomic E-state index is 0. The van der Waals surface area contributed by atoms with Crippen LogP contribution >= 0.6 is 24.0 Å². The van der Waals surface area contributed by atoms with Gasteiger partial charge >= 0.3 is 0 Å². The lowest BCUT2D eigenvalue weighted by molar-refractivity contribution is -0.114. The molecule has 0 aliphatic heterocycles. The van der Waals surface area contributed by atoms with E-state index in [1.54, 1.807) is 7.05 Å². The predicted molar refractivity (Wildman–Crippen MR) is 138 cm³/mol. The minimum atomic E-state index is -0.0596. The summed E-state index contributed by atoms with van der Waals surface area (Å²) in [5.74, 6) is 1.79. The first-order valence-corrected chi connectivity index (χ1v) is 10.3. The Labute approximate surface area is 200 Å². The fourth-order valence-electron chi connectivity index (χ4n) is 3.43. The number of guanidine groups is 1. The van der Waals surface area contributed by atoms with E-state index in [4.69, 9.17) is 0 Å². The van der Waals surface area contributed by atoms with E-state index >= 15 is 0 Å². The summed E-state index contributed by atoms with van der Waals surface area (Å²) >= 11 is 0. The number of nitrogens with one attached hydrogen (secondary N) is 3. The van der Waals surface area contributed by atoms with Gasteiger partial charge in [-0.05, 0) is 49.6 Å². The highest BCUT2D eigenvalue weighted by Gasteiger charge is 2.06. The van der Waals surface area contributed by atoms with Gasteiger partial charge in [-0.15, -0.1) is 24.0 Å². The van der Waals surface area contributed by atoms with Crippen molar-refractivity contribution in [3.63, 3.8) is 0 Å². The van der Waals surface area contributed by atoms with Crippen molar-refractivity contribution in [1.29, 1.82) is 0 Å². The molecule has 0 spiro atoms. The molecule has 0 atom stereocenters. The van der Waals surface area contributed by atoms with E-state index in [9.17, 15) is 4.79 Å². The summed E-state index contributed by atoms with van der Waals surface area (Å²) in [4.78, 5) is 20.0. The van der Waals surface area contributed by atoms with Crippen molar-refractivity contribution in [2.75, 3.05) is 25.5 Å². The molecule has 1 amide bonds. The van der Waals surface area contributed by atoms with Crippen LogP contribution < -0.4 is 16.0 Å². The van der Waals surface area contributed by atoms with Gasteiger partial charge in [-0.1, -0.05) is 24.3 Å². The second kappa shape index (κ2) is 12.3. The van der Waals surface area contributed by atoms with E-state index in [2.05, 4.69) is 55.6 Å². The number of amides is 1. The normalized spacial score (nSPS) is 11.1. The quantitative estimate of drug-likeness (QED) is 0.178. The number of carbonyl (C=O) groups excluding carboxylic acids is 1. The highest BCUT2D eigenvalue weighted by atomic mass is 127. The van der Waals surface area contributed by atoms with Crippen molar-refractivity contribution in [2.45, 2.75) is 33.2 Å². The fourth-order valence-corrected chi connectivity index (χ4v) is 3.43. The van der Waals surface area contributed by atoms with Crippen LogP contribution in [0.15, 0.2) is 53.5 Å². The van der Waals surface area contributed by atoms with E-state index in [0.29, 0.717) is 0 Å². The van der Waals surface area contributed by atoms with Crippen LogP contribution in [0.25, 0.3) is 11.0 Å². The molecular formula is C23H31IN6O. The van der Waals surface area contributed by atoms with Gasteiger partial charge in [0, 0.05) is 39.3 Å². The van der Waals surface area contributed by atoms with E-state index in [1.165, 1.54) is 18.0 Å². The molecule has 3 aromatic rings. The van der Waals surface area contributed by atoms with E-state index in [0.717, 1.165) is 55.5 Å². The molecule has 8 heteroatoms. The van der Waals surface area contributed by atoms with Crippen LogP contribution in [0.3, 0.4) is 0 Å². The number of carbonyl (C=O) groups is 1. The average Bonchev–Trinajstić information content (AvgIpc) is 3.05. The summed E-state index contributed by atoms with van der Waals surface area (Å²) in [6, 6.07) is 16.1. The lowest BCUT2D eigenvalue weighted by atomic mass is 10.1. The van der Waals surface area contributed by atoms with Crippen molar-refractivity contribution in [3.05, 3.63) is 59.9 Å². The van der Waals surface area contributed by atoms with E-state index < -0.39 is 0 Å². The first kappa shape index (κ1) is 24.6. The molecule has 0 aliphatic rings. The third-order valence-electron chi connectivity index (χ3n) is 4.90. The largest absolute Gasteiger partial charge is 0.356 e. The van der Waals surface area contributed by atoms with Gasteiger partial charge in [-0.2, -0.15) is 0 Å². The number of para-hydroxylation sites is 2. The monoisotopic (exact) mass is 534 g/mol. The van der Waals surface area contributed by atoms with Crippen molar-refractivity contribution in [3.8, 4) is 0 Å². The zero-order valence-corrected chi connectivity index (χ0v) is 20.6. The number of benzene rings is 2. The molecule has 0 unspecified atom stereocenters. The number of imidazole rings is 1. The summed E-state index contributed by atoms with van der Waals surface area (Å²) < 4.78 is 2.26. The zero-order valence-electron chi connectivity index (χ0n) is 18.3. The molecule has 0 fully saturated rings. The molecule has 0 saturated heterocycles. The topological polar surface area (TPSA) is 83.3 Å². The molecule has 7 nitrogen and oxygen atoms in total. The predicted octanol–water partition coefficient (Wildman–Crippen LogP) is 3.72. The molecule has 1 aromatic heterocycles. The Morgan fingerprint density at radius 1 is 1.06 bits per heavy atom. The number of hydrogen-bond donors (Lipinski definition) is 3. The summed E-state index contributed by atoms with van der Waals surface area (Å²) in [5.41, 5.74) is 4.25. The summed E-state index contributed by atoms with van der Waals surface area (Å²) in [6.45, 7) is 6.09. The van der Waals surface area contributed by atoms with Crippen LogP contribution in [0.5, 0.6) is 0 Å². The summed E-state index contributed by atoms with van der Waals surface area (Å²) in [6.07, 6.45) is 1.85. The summed E-state index contributed by atoms with van der Waals surface area (Å²) in [5, 5.41) is 9.50. The first-order valence-electron chi connectivity index (χ1n) is 10.3. The van der Waals surface area contributed by atoms with Crippen LogP contribution in [0.1, 0.15) is 24.7 Å². The van der Waals surface area contributed by atoms with E-state index in [-0.39, 0.29) is 29.9 Å². The Morgan fingerprint density at radius 3 is 2.48 bits per heavy atom. The Morgan fingerprint density at radius 2 is 1.77 bits per heavy atom. The molecule has 0 bridgehead atoms. The van der Waals surface area contributed by atoms with Gasteiger partial charge in [-0.25, -0.2) is 4.98 Å². The van der Waals surface area contributed by atoms with Crippen LogP contribution in [0.2, 0.25) is 0 Å². The van der Waals surface area contributed by atoms with Gasteiger partial charge in [-0.3, -0.25) is 9.79 Å². The maximum absolute atomic E-state index is 11.1. The molecule has 0 aliphatic carbocycles. The molecule has 1 heterocycles. The molecule has 31 heavy (non-hydrogen) atoms. The maximum Gasteiger partial charge on any atom is 0.221 e. The maximum atomic E-state index is 11.1. The van der Waals surface area contributed by atoms with Crippen molar-refractivity contribution in [2.24, 2.45) is 4.99 Å². The molecule has 0 saturated carbocycles. The molecule has 3 N–H and O–H groups in total. The number of aliphatic imine (C=N–C) groups is 1. The molecule has 2 aromatic carbocycles. The van der Waals surface area contributed by atoms with Gasteiger partial charge in [0.15, 0.2) is 5.96 Å². The van der Waals surface area contributed by atoms with Crippen LogP contribution in [-0.4, -0.2) is 41.6 Å². The third-order valence-corrected chi connectivity index (χ3v) is 4.90. The fraction of sp³-hybridized carbons (Fsp3) is 0.348. The number of aryl methyl sites for hydroxylation is 2. The van der Waals surface area contributed by atoms with Gasteiger partial charge < -0.3 is 20.5 Å². The lowest BCUT2D eigenvalue weighted by Crippen LogP contribution is -2.39. The Kier molecular flexibility index (Phi) is 9.77. The van der Waals surface area contributed by atoms with Gasteiger partial charge in [0.1, 0.15) is 5.82 Å². The SMILES string of the molecule is CN=C(NCCCn1c(C)nc2ccccc21)NCCc1ccc(NC(C)=O)cc1.I. The first-order chi connectivity index (χ1) is 14.6. The smallest absolute Gasteiger partial charge is 0.221 e. The second-order valence-electron chi connectivity index (χ2n) is 7.21. The summed E-state index contributed by atoms with van der Waals surface area (Å²) in [7, 11) is 1.78. The standard InChI is InChI=1S/C23H30N6O.HI/c1-17-27-21-7-4-5-8-22(21)29(17)16-6-14-25-23(24-3)26-15-13-19-9-11-20(12-10-19)28-18(2)30;/h4-5,7-12H,6,13-16H2,1-3H3,(H,28,30)(H2,24,25,26);1H. The molecule has 3 rings (SSSR count). The third kappa shape index (κ3) is 7.23. The Balaban J connectivity index is 0.00000341. The van der Waals surface area contributed by atoms with Gasteiger partial charge in [0.25, 0.3) is 0 Å². The second-order valence-corrected chi connectivity index (χ2v) is 7.21. The highest BCUT2D eigenvalue weighted by molar-refractivity contribution is 14.0. The van der Waals surface area contributed by atoms with Crippen LogP contribution in [0.4, 0.5) is 5.69 Å². The van der Waals surface area contributed by atoms with Crippen molar-refractivity contribution in [1.82, 2.24) is 20.2 Å². The number of anilines is 1. The minimum Gasteiger partial charge on any atom is -0.356 e. The van der Waals surface area contributed by atoms with Crippen LogP contribution in [-0.2, 0) is 17.8 Å². The highest BCUT2D eigenvalue weighted by Crippen LogP contribution is 2.15. The molecule has 166 valence electrons. The number of hydrogen-bond acceptors (Lipinski definition) is 3. The number of aromatic nitrogens is 2. The van der Waals surface area contributed by atoms with Crippen LogP contribution in [0, 0.1) is 6.92 Å². The number of rotatable bonds is 8. The van der Waals surface area contributed by atoms with Crippen molar-refractivity contribution >= 4 is 52.6 Å². The molecule has 0 radical (unpaired) electrons. The van der Waals surface area contributed by atoms with Crippen molar-refractivity contribution < 1.29 is 4.79 Å². The number of fused-ring (bicyclic) bond motifs is 1. The van der Waals surface area contributed by atoms with E-state index in [1.807, 2.05) is 30.3 Å². The number of nitrogens with zero attached hydrogens (tertiary/aromatic N) is 3.